The van der Waals surface area contributed by atoms with Crippen LogP contribution in [0, 0.1) is 11.8 Å². The van der Waals surface area contributed by atoms with Crippen LogP contribution in [-0.2, 0) is 17.8 Å². The van der Waals surface area contributed by atoms with Gasteiger partial charge in [-0.05, 0) is 37.5 Å². The van der Waals surface area contributed by atoms with Crippen molar-refractivity contribution in [3.8, 4) is 0 Å². The first-order valence-electron chi connectivity index (χ1n) is 9.73. The van der Waals surface area contributed by atoms with Gasteiger partial charge in [0.2, 0.25) is 5.91 Å². The summed E-state index contributed by atoms with van der Waals surface area (Å²) in [5.74, 6) is 3.46. The standard InChI is InChI=1S/C18H29N7O/c1-24(2)17(26)9-19-18(23-15-8-12-3-4-13(15)7-12)22-14-5-6-16-20-11-21-25(16)10-14/h11-15H,3-10H2,1-2H3,(H2,19,22,23). The van der Waals surface area contributed by atoms with Gasteiger partial charge in [-0.1, -0.05) is 6.42 Å². The third kappa shape index (κ3) is 3.68. The molecule has 26 heavy (non-hydrogen) atoms. The predicted molar refractivity (Wildman–Crippen MR) is 98.6 cm³/mol. The molecule has 2 bridgehead atoms. The van der Waals surface area contributed by atoms with Crippen LogP contribution in [0.5, 0.6) is 0 Å². The molecular weight excluding hydrogens is 330 g/mol. The van der Waals surface area contributed by atoms with E-state index >= 15 is 0 Å². The number of rotatable bonds is 4. The topological polar surface area (TPSA) is 87.4 Å². The van der Waals surface area contributed by atoms with Crippen molar-refractivity contribution in [3.05, 3.63) is 12.2 Å². The first-order chi connectivity index (χ1) is 12.6. The zero-order valence-electron chi connectivity index (χ0n) is 15.7. The van der Waals surface area contributed by atoms with Gasteiger partial charge in [-0.25, -0.2) is 14.7 Å². The Labute approximate surface area is 154 Å². The number of fused-ring (bicyclic) bond motifs is 3. The van der Waals surface area contributed by atoms with E-state index in [1.807, 2.05) is 4.68 Å². The molecule has 4 rings (SSSR count). The molecule has 4 atom stereocenters. The van der Waals surface area contributed by atoms with Crippen LogP contribution in [0.4, 0.5) is 0 Å². The van der Waals surface area contributed by atoms with Crippen molar-refractivity contribution >= 4 is 11.9 Å². The van der Waals surface area contributed by atoms with Gasteiger partial charge in [0, 0.05) is 32.6 Å². The lowest BCUT2D eigenvalue weighted by Gasteiger charge is -2.29. The lowest BCUT2D eigenvalue weighted by atomic mass is 9.95. The molecule has 0 spiro atoms. The maximum absolute atomic E-state index is 12.0. The molecule has 142 valence electrons. The SMILES string of the molecule is CN(C)C(=O)CN=C(NC1CCc2ncnn2C1)NC1CC2CCC1C2. The van der Waals surface area contributed by atoms with Gasteiger partial charge in [-0.2, -0.15) is 5.10 Å². The Bertz CT molecular complexity index is 683. The molecule has 2 saturated carbocycles. The highest BCUT2D eigenvalue weighted by Crippen LogP contribution is 2.44. The molecule has 0 saturated heterocycles. The zero-order chi connectivity index (χ0) is 18.1. The number of aromatic nitrogens is 3. The van der Waals surface area contributed by atoms with E-state index < -0.39 is 0 Å². The Kier molecular flexibility index (Phi) is 4.82. The molecular formula is C18H29N7O. The Morgan fingerprint density at radius 2 is 2.19 bits per heavy atom. The molecule has 8 nitrogen and oxygen atoms in total. The number of likely N-dealkylation sites (N-methyl/N-ethyl adjacent to an activating group) is 1. The molecule has 1 aromatic heterocycles. The number of hydrogen-bond acceptors (Lipinski definition) is 4. The monoisotopic (exact) mass is 359 g/mol. The lowest BCUT2D eigenvalue weighted by Crippen LogP contribution is -2.51. The Morgan fingerprint density at radius 1 is 1.31 bits per heavy atom. The molecule has 8 heteroatoms. The molecule has 1 aliphatic heterocycles. The average Bonchev–Trinajstić information content (AvgIpc) is 3.35. The number of hydrogen-bond donors (Lipinski definition) is 2. The van der Waals surface area contributed by atoms with Gasteiger partial charge in [0.1, 0.15) is 18.7 Å². The summed E-state index contributed by atoms with van der Waals surface area (Å²) in [5, 5.41) is 11.5. The summed E-state index contributed by atoms with van der Waals surface area (Å²) in [6, 6.07) is 0.739. The molecule has 0 radical (unpaired) electrons. The zero-order valence-corrected chi connectivity index (χ0v) is 15.7. The fourth-order valence-corrected chi connectivity index (χ4v) is 4.57. The van der Waals surface area contributed by atoms with E-state index in [1.54, 1.807) is 25.3 Å². The van der Waals surface area contributed by atoms with Crippen molar-refractivity contribution < 1.29 is 4.79 Å². The van der Waals surface area contributed by atoms with Gasteiger partial charge in [-0.3, -0.25) is 4.79 Å². The molecule has 1 amide bonds. The van der Waals surface area contributed by atoms with Gasteiger partial charge >= 0.3 is 0 Å². The Morgan fingerprint density at radius 3 is 2.92 bits per heavy atom. The van der Waals surface area contributed by atoms with Gasteiger partial charge in [-0.15, -0.1) is 0 Å². The molecule has 2 aliphatic carbocycles. The van der Waals surface area contributed by atoms with E-state index in [0.29, 0.717) is 6.04 Å². The molecule has 0 aromatic carbocycles. The van der Waals surface area contributed by atoms with E-state index in [1.165, 1.54) is 25.7 Å². The molecule has 2 N–H and O–H groups in total. The molecule has 2 heterocycles. The molecule has 4 unspecified atom stereocenters. The maximum Gasteiger partial charge on any atom is 0.243 e. The number of aliphatic imine (C=N–C) groups is 1. The van der Waals surface area contributed by atoms with Gasteiger partial charge in [0.25, 0.3) is 0 Å². The van der Waals surface area contributed by atoms with E-state index in [-0.39, 0.29) is 18.5 Å². The normalized spacial score (nSPS) is 30.2. The van der Waals surface area contributed by atoms with Crippen LogP contribution in [0.15, 0.2) is 11.3 Å². The largest absolute Gasteiger partial charge is 0.353 e. The summed E-state index contributed by atoms with van der Waals surface area (Å²) >= 11 is 0. The number of carbonyl (C=O) groups excluding carboxylic acids is 1. The second-order valence-corrected chi connectivity index (χ2v) is 8.12. The number of carbonyl (C=O) groups is 1. The molecule has 3 aliphatic rings. The lowest BCUT2D eigenvalue weighted by molar-refractivity contribution is -0.127. The van der Waals surface area contributed by atoms with Crippen LogP contribution in [0.3, 0.4) is 0 Å². The van der Waals surface area contributed by atoms with Crippen molar-refractivity contribution in [1.82, 2.24) is 30.3 Å². The number of amides is 1. The summed E-state index contributed by atoms with van der Waals surface area (Å²) in [7, 11) is 3.53. The number of nitrogens with one attached hydrogen (secondary N) is 2. The number of aryl methyl sites for hydroxylation is 1. The minimum Gasteiger partial charge on any atom is -0.353 e. The van der Waals surface area contributed by atoms with E-state index in [9.17, 15) is 4.79 Å². The van der Waals surface area contributed by atoms with Crippen LogP contribution in [-0.4, -0.2) is 64.3 Å². The second kappa shape index (κ2) is 7.25. The summed E-state index contributed by atoms with van der Waals surface area (Å²) in [5.41, 5.74) is 0. The fraction of sp³-hybridized carbons (Fsp3) is 0.778. The first kappa shape index (κ1) is 17.3. The quantitative estimate of drug-likeness (QED) is 0.600. The summed E-state index contributed by atoms with van der Waals surface area (Å²) in [4.78, 5) is 22.4. The fourth-order valence-electron chi connectivity index (χ4n) is 4.57. The van der Waals surface area contributed by atoms with Crippen LogP contribution in [0.2, 0.25) is 0 Å². The Hall–Kier alpha value is -2.12. The van der Waals surface area contributed by atoms with Crippen molar-refractivity contribution in [1.29, 1.82) is 0 Å². The third-order valence-corrected chi connectivity index (χ3v) is 6.08. The third-order valence-electron chi connectivity index (χ3n) is 6.08. The van der Waals surface area contributed by atoms with Crippen LogP contribution in [0.25, 0.3) is 0 Å². The predicted octanol–water partition coefficient (Wildman–Crippen LogP) is 0.405. The van der Waals surface area contributed by atoms with E-state index in [0.717, 1.165) is 43.0 Å². The van der Waals surface area contributed by atoms with Crippen molar-refractivity contribution in [2.45, 2.75) is 57.2 Å². The van der Waals surface area contributed by atoms with Gasteiger partial charge < -0.3 is 15.5 Å². The highest BCUT2D eigenvalue weighted by molar-refractivity contribution is 5.85. The van der Waals surface area contributed by atoms with Crippen LogP contribution < -0.4 is 10.6 Å². The van der Waals surface area contributed by atoms with Crippen molar-refractivity contribution in [2.75, 3.05) is 20.6 Å². The van der Waals surface area contributed by atoms with Crippen molar-refractivity contribution in [3.63, 3.8) is 0 Å². The van der Waals surface area contributed by atoms with Crippen LogP contribution in [0.1, 0.15) is 37.9 Å². The van der Waals surface area contributed by atoms with Crippen LogP contribution >= 0.6 is 0 Å². The smallest absolute Gasteiger partial charge is 0.243 e. The van der Waals surface area contributed by atoms with E-state index in [2.05, 4.69) is 25.7 Å². The summed E-state index contributed by atoms with van der Waals surface area (Å²) < 4.78 is 1.96. The summed E-state index contributed by atoms with van der Waals surface area (Å²) in [6.45, 7) is 0.957. The highest BCUT2D eigenvalue weighted by Gasteiger charge is 2.40. The highest BCUT2D eigenvalue weighted by atomic mass is 16.2. The number of guanidine groups is 1. The van der Waals surface area contributed by atoms with E-state index in [4.69, 9.17) is 0 Å². The Balaban J connectivity index is 1.42. The first-order valence-corrected chi connectivity index (χ1v) is 9.73. The van der Waals surface area contributed by atoms with Gasteiger partial charge in [0.15, 0.2) is 5.96 Å². The second-order valence-electron chi connectivity index (χ2n) is 8.12. The minimum atomic E-state index is 0.0150. The number of nitrogens with zero attached hydrogens (tertiary/aromatic N) is 5. The van der Waals surface area contributed by atoms with Crippen molar-refractivity contribution in [2.24, 2.45) is 16.8 Å². The minimum absolute atomic E-state index is 0.0150. The average molecular weight is 359 g/mol. The molecule has 2 fully saturated rings. The summed E-state index contributed by atoms with van der Waals surface area (Å²) in [6.07, 6.45) is 8.79. The maximum atomic E-state index is 12.0. The van der Waals surface area contributed by atoms with Gasteiger partial charge in [0.05, 0.1) is 6.54 Å². The molecule has 1 aromatic rings.